The highest BCUT2D eigenvalue weighted by Crippen LogP contribution is 2.17. The van der Waals surface area contributed by atoms with Crippen LogP contribution in [0.2, 0.25) is 0 Å². The van der Waals surface area contributed by atoms with Crippen LogP contribution in [0.4, 0.5) is 0 Å². The summed E-state index contributed by atoms with van der Waals surface area (Å²) in [5, 5.41) is 9.61. The van der Waals surface area contributed by atoms with Crippen LogP contribution in [-0.2, 0) is 19.1 Å². The van der Waals surface area contributed by atoms with Crippen molar-refractivity contribution in [2.24, 2.45) is 0 Å². The van der Waals surface area contributed by atoms with E-state index >= 15 is 0 Å². The molecule has 0 aromatic carbocycles. The number of aliphatic hydroxyl groups is 1. The molecule has 0 aliphatic rings. The summed E-state index contributed by atoms with van der Waals surface area (Å²) in [4.78, 5) is 24.4. The van der Waals surface area contributed by atoms with Crippen molar-refractivity contribution in [2.45, 2.75) is 290 Å². The fourth-order valence-corrected chi connectivity index (χ4v) is 7.98. The van der Waals surface area contributed by atoms with Gasteiger partial charge in [0.1, 0.15) is 6.61 Å². The van der Waals surface area contributed by atoms with Gasteiger partial charge < -0.3 is 14.6 Å². The molecule has 0 amide bonds. The third-order valence-electron chi connectivity index (χ3n) is 11.9. The molecule has 1 N–H and O–H groups in total. The van der Waals surface area contributed by atoms with E-state index in [2.05, 4.69) is 50.3 Å². The van der Waals surface area contributed by atoms with Crippen molar-refractivity contribution >= 4 is 11.9 Å². The number of unbranched alkanes of at least 4 members (excludes halogenated alkanes) is 35. The molecular weight excluding hydrogens is 741 g/mol. The second-order valence-corrected chi connectivity index (χ2v) is 17.9. The lowest BCUT2D eigenvalue weighted by Gasteiger charge is -2.15. The highest BCUT2D eigenvalue weighted by atomic mass is 16.6. The third kappa shape index (κ3) is 48.8. The van der Waals surface area contributed by atoms with Crippen LogP contribution >= 0.6 is 0 Å². The van der Waals surface area contributed by atoms with Crippen LogP contribution in [0.5, 0.6) is 0 Å². The molecule has 0 radical (unpaired) electrons. The molecule has 0 saturated carbocycles. The van der Waals surface area contributed by atoms with Crippen molar-refractivity contribution in [1.29, 1.82) is 0 Å². The number of aliphatic hydroxyl groups excluding tert-OH is 1. The molecule has 0 fully saturated rings. The van der Waals surface area contributed by atoms with E-state index in [4.69, 9.17) is 9.47 Å². The quantitative estimate of drug-likeness (QED) is 0.0375. The van der Waals surface area contributed by atoms with Crippen molar-refractivity contribution in [3.63, 3.8) is 0 Å². The summed E-state index contributed by atoms with van der Waals surface area (Å²) in [7, 11) is 0. The molecule has 0 saturated heterocycles. The summed E-state index contributed by atoms with van der Waals surface area (Å²) in [5.74, 6) is -0.599. The van der Waals surface area contributed by atoms with Gasteiger partial charge in [-0.1, -0.05) is 262 Å². The molecule has 5 nitrogen and oxygen atoms in total. The van der Waals surface area contributed by atoms with Crippen LogP contribution in [0.1, 0.15) is 284 Å². The topological polar surface area (TPSA) is 72.8 Å². The summed E-state index contributed by atoms with van der Waals surface area (Å²) in [5.41, 5.74) is 0. The number of hydrogen-bond acceptors (Lipinski definition) is 5. The molecule has 5 heteroatoms. The number of allylic oxidation sites excluding steroid dienone is 6. The molecule has 0 aromatic heterocycles. The Hall–Kier alpha value is -1.88. The van der Waals surface area contributed by atoms with E-state index < -0.39 is 6.10 Å². The van der Waals surface area contributed by atoms with E-state index in [0.717, 1.165) is 70.6 Å². The van der Waals surface area contributed by atoms with Crippen molar-refractivity contribution in [1.82, 2.24) is 0 Å². The summed E-state index contributed by atoms with van der Waals surface area (Å²) in [6.07, 6.45) is 65.6. The molecule has 0 aliphatic heterocycles. The maximum atomic E-state index is 12.2. The Labute approximate surface area is 374 Å². The number of ether oxygens (including phenoxy) is 2. The molecular formula is C55H102O5. The first-order chi connectivity index (χ1) is 29.6. The molecule has 0 rings (SSSR count). The molecule has 0 aliphatic carbocycles. The van der Waals surface area contributed by atoms with Gasteiger partial charge in [0.2, 0.25) is 0 Å². The SMILES string of the molecule is CC/C=C\C/C=C\C/C=C\CCCCCCCC(=O)OC(CO)COC(=O)CCCCCCCCCCCCCCCCCCCCCCCCCCCCCCCCC. The Kier molecular flexibility index (Phi) is 49.9. The van der Waals surface area contributed by atoms with Crippen LogP contribution in [0.3, 0.4) is 0 Å². The zero-order valence-corrected chi connectivity index (χ0v) is 40.2. The molecule has 0 heterocycles. The van der Waals surface area contributed by atoms with Gasteiger partial charge in [0, 0.05) is 12.8 Å². The van der Waals surface area contributed by atoms with Crippen molar-refractivity contribution in [3.8, 4) is 0 Å². The average molecular weight is 843 g/mol. The zero-order valence-electron chi connectivity index (χ0n) is 40.2. The molecule has 1 atom stereocenters. The van der Waals surface area contributed by atoms with E-state index in [-0.39, 0.29) is 25.2 Å². The first-order valence-corrected chi connectivity index (χ1v) is 26.5. The fraction of sp³-hybridized carbons (Fsp3) is 0.855. The number of carbonyl (C=O) groups excluding carboxylic acids is 2. The average Bonchev–Trinajstić information content (AvgIpc) is 3.25. The lowest BCUT2D eigenvalue weighted by Crippen LogP contribution is -2.28. The van der Waals surface area contributed by atoms with Crippen molar-refractivity contribution in [3.05, 3.63) is 36.5 Å². The van der Waals surface area contributed by atoms with Gasteiger partial charge in [0.25, 0.3) is 0 Å². The minimum atomic E-state index is -0.779. The highest BCUT2D eigenvalue weighted by molar-refractivity contribution is 5.70. The second-order valence-electron chi connectivity index (χ2n) is 17.9. The van der Waals surface area contributed by atoms with Gasteiger partial charge in [-0.15, -0.1) is 0 Å². The summed E-state index contributed by atoms with van der Waals surface area (Å²) in [6, 6.07) is 0. The minimum Gasteiger partial charge on any atom is -0.462 e. The monoisotopic (exact) mass is 843 g/mol. The normalized spacial score (nSPS) is 12.4. The van der Waals surface area contributed by atoms with E-state index in [1.54, 1.807) is 0 Å². The standard InChI is InChI=1S/C55H102O5/c1-3-5-7-9-11-13-15-17-19-20-21-22-23-24-25-26-27-28-29-30-31-32-33-34-36-37-39-41-43-45-47-49-54(57)59-52-53(51-56)60-55(58)50-48-46-44-42-40-38-35-18-16-14-12-10-8-6-4-2/h6,8,12,14,18,35,53,56H,3-5,7,9-11,13,15-17,19-34,36-52H2,1-2H3/b8-6-,14-12-,35-18-. The number of rotatable bonds is 49. The number of esters is 2. The Bertz CT molecular complexity index is 955. The Morgan fingerprint density at radius 1 is 0.400 bits per heavy atom. The maximum Gasteiger partial charge on any atom is 0.306 e. The molecule has 0 bridgehead atoms. The van der Waals surface area contributed by atoms with Crippen LogP contribution in [0.15, 0.2) is 36.5 Å². The van der Waals surface area contributed by atoms with Crippen LogP contribution in [0.25, 0.3) is 0 Å². The Morgan fingerprint density at radius 2 is 0.717 bits per heavy atom. The first-order valence-electron chi connectivity index (χ1n) is 26.5. The predicted octanol–water partition coefficient (Wildman–Crippen LogP) is 17.5. The van der Waals surface area contributed by atoms with E-state index in [0.29, 0.717) is 12.8 Å². The van der Waals surface area contributed by atoms with Gasteiger partial charge in [-0.05, 0) is 44.9 Å². The van der Waals surface area contributed by atoms with Crippen LogP contribution in [0, 0.1) is 0 Å². The lowest BCUT2D eigenvalue weighted by atomic mass is 10.0. The zero-order chi connectivity index (χ0) is 43.5. The third-order valence-corrected chi connectivity index (χ3v) is 11.9. The van der Waals surface area contributed by atoms with Gasteiger partial charge in [-0.3, -0.25) is 9.59 Å². The van der Waals surface area contributed by atoms with Gasteiger partial charge in [-0.25, -0.2) is 0 Å². The Balaban J connectivity index is 3.40. The smallest absolute Gasteiger partial charge is 0.306 e. The lowest BCUT2D eigenvalue weighted by molar-refractivity contribution is -0.161. The molecule has 0 spiro atoms. The summed E-state index contributed by atoms with van der Waals surface area (Å²) in [6.45, 7) is 4.05. The van der Waals surface area contributed by atoms with Gasteiger partial charge >= 0.3 is 11.9 Å². The van der Waals surface area contributed by atoms with Gasteiger partial charge in [0.15, 0.2) is 6.10 Å². The number of carbonyl (C=O) groups is 2. The van der Waals surface area contributed by atoms with Crippen LogP contribution in [-0.4, -0.2) is 36.4 Å². The highest BCUT2D eigenvalue weighted by Gasteiger charge is 2.16. The van der Waals surface area contributed by atoms with E-state index in [1.165, 1.54) is 186 Å². The molecule has 1 unspecified atom stereocenters. The van der Waals surface area contributed by atoms with Crippen LogP contribution < -0.4 is 0 Å². The molecule has 352 valence electrons. The maximum absolute atomic E-state index is 12.2. The van der Waals surface area contributed by atoms with Gasteiger partial charge in [0.05, 0.1) is 6.61 Å². The van der Waals surface area contributed by atoms with Crippen molar-refractivity contribution < 1.29 is 24.2 Å². The second kappa shape index (κ2) is 51.5. The Morgan fingerprint density at radius 3 is 1.08 bits per heavy atom. The molecule has 60 heavy (non-hydrogen) atoms. The fourth-order valence-electron chi connectivity index (χ4n) is 7.98. The number of hydrogen-bond donors (Lipinski definition) is 1. The van der Waals surface area contributed by atoms with Crippen molar-refractivity contribution in [2.75, 3.05) is 13.2 Å². The van der Waals surface area contributed by atoms with E-state index in [9.17, 15) is 14.7 Å². The first kappa shape index (κ1) is 58.1. The largest absolute Gasteiger partial charge is 0.462 e. The minimum absolute atomic E-state index is 0.0695. The summed E-state index contributed by atoms with van der Waals surface area (Å²) >= 11 is 0. The summed E-state index contributed by atoms with van der Waals surface area (Å²) < 4.78 is 10.7. The van der Waals surface area contributed by atoms with E-state index in [1.807, 2.05) is 0 Å². The molecule has 0 aromatic rings. The van der Waals surface area contributed by atoms with Gasteiger partial charge in [-0.2, -0.15) is 0 Å². The predicted molar refractivity (Wildman–Crippen MR) is 261 cm³/mol.